The van der Waals surface area contributed by atoms with Gasteiger partial charge in [-0.05, 0) is 19.9 Å². The number of morpholine rings is 1. The van der Waals surface area contributed by atoms with E-state index < -0.39 is 16.9 Å². The van der Waals surface area contributed by atoms with Crippen LogP contribution in [0.3, 0.4) is 0 Å². The van der Waals surface area contributed by atoms with Gasteiger partial charge in [0.05, 0.1) is 23.7 Å². The Morgan fingerprint density at radius 2 is 2.24 bits per heavy atom. The van der Waals surface area contributed by atoms with Crippen molar-refractivity contribution in [2.45, 2.75) is 26.1 Å². The van der Waals surface area contributed by atoms with Gasteiger partial charge in [0, 0.05) is 18.7 Å². The first-order valence-corrected chi connectivity index (χ1v) is 6.73. The van der Waals surface area contributed by atoms with Crippen LogP contribution in [0, 0.1) is 17.0 Å². The number of nitro benzene ring substituents is 1. The van der Waals surface area contributed by atoms with E-state index in [4.69, 9.17) is 4.74 Å². The molecular formula is C14H18N2O5. The lowest BCUT2D eigenvalue weighted by Crippen LogP contribution is -2.50. The van der Waals surface area contributed by atoms with Crippen LogP contribution in [0.2, 0.25) is 0 Å². The minimum atomic E-state index is -0.532. The maximum Gasteiger partial charge on any atom is 0.285 e. The monoisotopic (exact) mass is 294 g/mol. The summed E-state index contributed by atoms with van der Waals surface area (Å²) in [7, 11) is 0. The Bertz CT molecular complexity index is 560. The third kappa shape index (κ3) is 3.20. The second kappa shape index (κ2) is 6.19. The number of nitrogens with zero attached hydrogens (tertiary/aromatic N) is 2. The second-order valence-corrected chi connectivity index (χ2v) is 5.19. The van der Waals surface area contributed by atoms with Crippen LogP contribution in [0.1, 0.15) is 22.8 Å². The molecule has 0 bridgehead atoms. The molecule has 21 heavy (non-hydrogen) atoms. The van der Waals surface area contributed by atoms with Gasteiger partial charge < -0.3 is 14.7 Å². The number of nitro groups is 1. The highest BCUT2D eigenvalue weighted by atomic mass is 16.6. The van der Waals surface area contributed by atoms with Crippen LogP contribution in [-0.4, -0.2) is 52.7 Å². The molecule has 0 radical (unpaired) electrons. The van der Waals surface area contributed by atoms with Gasteiger partial charge in [-0.3, -0.25) is 14.9 Å². The first-order chi connectivity index (χ1) is 9.93. The molecule has 1 N–H and O–H groups in total. The lowest BCUT2D eigenvalue weighted by Gasteiger charge is -2.36. The number of aryl methyl sites for hydroxylation is 1. The standard InChI is InChI=1S/C14H18N2O5/c1-9-4-3-5-12(13(9)16(19)20)14(18)15-6-10(2)21-11(7-15)8-17/h3-5,10-11,17H,6-8H2,1-2H3. The first-order valence-electron chi connectivity index (χ1n) is 6.73. The molecule has 114 valence electrons. The summed E-state index contributed by atoms with van der Waals surface area (Å²) >= 11 is 0. The summed E-state index contributed by atoms with van der Waals surface area (Å²) in [6, 6.07) is 4.69. The summed E-state index contributed by atoms with van der Waals surface area (Å²) < 4.78 is 5.48. The molecule has 1 heterocycles. The minimum absolute atomic E-state index is 0.0748. The third-order valence-electron chi connectivity index (χ3n) is 3.47. The number of aliphatic hydroxyl groups excluding tert-OH is 1. The Balaban J connectivity index is 2.32. The van der Waals surface area contributed by atoms with Crippen LogP contribution in [0.15, 0.2) is 18.2 Å². The number of aliphatic hydroxyl groups is 1. The van der Waals surface area contributed by atoms with E-state index in [1.54, 1.807) is 26.0 Å². The van der Waals surface area contributed by atoms with Gasteiger partial charge in [0.2, 0.25) is 0 Å². The maximum atomic E-state index is 12.6. The Kier molecular flexibility index (Phi) is 4.54. The van der Waals surface area contributed by atoms with Crippen molar-refractivity contribution in [1.29, 1.82) is 0 Å². The fraction of sp³-hybridized carbons (Fsp3) is 0.500. The molecule has 1 saturated heterocycles. The van der Waals surface area contributed by atoms with Crippen molar-refractivity contribution in [2.24, 2.45) is 0 Å². The Morgan fingerprint density at radius 1 is 1.52 bits per heavy atom. The predicted octanol–water partition coefficient (Wildman–Crippen LogP) is 1.13. The molecule has 1 aliphatic rings. The molecule has 1 aromatic rings. The number of para-hydroxylation sites is 1. The van der Waals surface area contributed by atoms with Crippen molar-refractivity contribution in [3.63, 3.8) is 0 Å². The number of hydrogen-bond donors (Lipinski definition) is 1. The number of benzene rings is 1. The molecule has 1 aliphatic heterocycles. The zero-order valence-corrected chi connectivity index (χ0v) is 12.0. The highest BCUT2D eigenvalue weighted by molar-refractivity contribution is 5.98. The number of ether oxygens (including phenoxy) is 1. The van der Waals surface area contributed by atoms with Gasteiger partial charge >= 0.3 is 0 Å². The fourth-order valence-electron chi connectivity index (χ4n) is 2.56. The van der Waals surface area contributed by atoms with Gasteiger partial charge in [-0.1, -0.05) is 12.1 Å². The van der Waals surface area contributed by atoms with E-state index >= 15 is 0 Å². The molecular weight excluding hydrogens is 276 g/mol. The zero-order chi connectivity index (χ0) is 15.6. The first kappa shape index (κ1) is 15.4. The molecule has 0 aliphatic carbocycles. The van der Waals surface area contributed by atoms with Crippen molar-refractivity contribution in [1.82, 2.24) is 4.90 Å². The summed E-state index contributed by atoms with van der Waals surface area (Å²) in [4.78, 5) is 24.7. The number of carbonyl (C=O) groups excluding carboxylic acids is 1. The van der Waals surface area contributed by atoms with E-state index in [1.807, 2.05) is 0 Å². The van der Waals surface area contributed by atoms with E-state index in [-0.39, 0.29) is 30.5 Å². The number of carbonyl (C=O) groups is 1. The smallest absolute Gasteiger partial charge is 0.285 e. The average Bonchev–Trinajstić information content (AvgIpc) is 2.45. The van der Waals surface area contributed by atoms with Crippen molar-refractivity contribution in [2.75, 3.05) is 19.7 Å². The third-order valence-corrected chi connectivity index (χ3v) is 3.47. The molecule has 0 saturated carbocycles. The van der Waals surface area contributed by atoms with Crippen molar-refractivity contribution in [3.8, 4) is 0 Å². The largest absolute Gasteiger partial charge is 0.394 e. The molecule has 0 spiro atoms. The maximum absolute atomic E-state index is 12.6. The fourth-order valence-corrected chi connectivity index (χ4v) is 2.56. The molecule has 2 unspecified atom stereocenters. The molecule has 1 amide bonds. The van der Waals surface area contributed by atoms with E-state index in [0.29, 0.717) is 12.1 Å². The number of amides is 1. The highest BCUT2D eigenvalue weighted by Gasteiger charge is 2.32. The quantitative estimate of drug-likeness (QED) is 0.666. The van der Waals surface area contributed by atoms with Crippen LogP contribution >= 0.6 is 0 Å². The van der Waals surface area contributed by atoms with Crippen LogP contribution in [0.25, 0.3) is 0 Å². The van der Waals surface area contributed by atoms with Crippen molar-refractivity contribution in [3.05, 3.63) is 39.4 Å². The van der Waals surface area contributed by atoms with Gasteiger partial charge in [-0.15, -0.1) is 0 Å². The lowest BCUT2D eigenvalue weighted by molar-refractivity contribution is -0.385. The molecule has 2 rings (SSSR count). The molecule has 0 aromatic heterocycles. The van der Waals surface area contributed by atoms with E-state index in [0.717, 1.165) is 0 Å². The minimum Gasteiger partial charge on any atom is -0.394 e. The lowest BCUT2D eigenvalue weighted by atomic mass is 10.1. The Morgan fingerprint density at radius 3 is 2.86 bits per heavy atom. The van der Waals surface area contributed by atoms with Crippen molar-refractivity contribution < 1.29 is 19.6 Å². The van der Waals surface area contributed by atoms with Gasteiger partial charge in [0.15, 0.2) is 0 Å². The predicted molar refractivity (Wildman–Crippen MR) is 75.2 cm³/mol. The van der Waals surface area contributed by atoms with Gasteiger partial charge in [0.1, 0.15) is 5.56 Å². The average molecular weight is 294 g/mol. The van der Waals surface area contributed by atoms with E-state index in [9.17, 15) is 20.0 Å². The second-order valence-electron chi connectivity index (χ2n) is 5.19. The summed E-state index contributed by atoms with van der Waals surface area (Å²) in [6.07, 6.45) is -0.676. The summed E-state index contributed by atoms with van der Waals surface area (Å²) in [5.74, 6) is -0.404. The molecule has 1 aromatic carbocycles. The summed E-state index contributed by atoms with van der Waals surface area (Å²) in [5, 5.41) is 20.4. The van der Waals surface area contributed by atoms with Gasteiger partial charge in [-0.2, -0.15) is 0 Å². The summed E-state index contributed by atoms with van der Waals surface area (Å²) in [5.41, 5.74) is 0.360. The zero-order valence-electron chi connectivity index (χ0n) is 12.0. The number of hydrogen-bond acceptors (Lipinski definition) is 5. The van der Waals surface area contributed by atoms with Crippen LogP contribution < -0.4 is 0 Å². The molecule has 1 fully saturated rings. The van der Waals surface area contributed by atoms with E-state index in [2.05, 4.69) is 0 Å². The molecule has 7 heteroatoms. The highest BCUT2D eigenvalue weighted by Crippen LogP contribution is 2.25. The molecule has 7 nitrogen and oxygen atoms in total. The van der Waals surface area contributed by atoms with Gasteiger partial charge in [-0.25, -0.2) is 0 Å². The number of rotatable bonds is 3. The topological polar surface area (TPSA) is 92.9 Å². The van der Waals surface area contributed by atoms with Crippen LogP contribution in [0.4, 0.5) is 5.69 Å². The Labute approximate surface area is 122 Å². The SMILES string of the molecule is Cc1cccc(C(=O)N2CC(C)OC(CO)C2)c1[N+](=O)[O-]. The summed E-state index contributed by atoms with van der Waals surface area (Å²) in [6.45, 7) is 3.79. The van der Waals surface area contributed by atoms with Crippen molar-refractivity contribution >= 4 is 11.6 Å². The molecule has 2 atom stereocenters. The van der Waals surface area contributed by atoms with Gasteiger partial charge in [0.25, 0.3) is 11.6 Å². The normalized spacial score (nSPS) is 22.1. The van der Waals surface area contributed by atoms with E-state index in [1.165, 1.54) is 11.0 Å². The van der Waals surface area contributed by atoms with Crippen LogP contribution in [-0.2, 0) is 4.74 Å². The Hall–Kier alpha value is -1.99. The van der Waals surface area contributed by atoms with Crippen LogP contribution in [0.5, 0.6) is 0 Å².